The summed E-state index contributed by atoms with van der Waals surface area (Å²) >= 11 is 0. The van der Waals surface area contributed by atoms with Crippen molar-refractivity contribution in [2.24, 2.45) is 46.3 Å². The van der Waals surface area contributed by atoms with Crippen LogP contribution in [0.25, 0.3) is 0 Å². The van der Waals surface area contributed by atoms with Gasteiger partial charge in [0, 0.05) is 38.0 Å². The lowest BCUT2D eigenvalue weighted by Crippen LogP contribution is -2.63. The summed E-state index contributed by atoms with van der Waals surface area (Å²) in [6.07, 6.45) is 12.1. The highest BCUT2D eigenvalue weighted by molar-refractivity contribution is 5.88. The second-order valence-corrected chi connectivity index (χ2v) is 13.5. The van der Waals surface area contributed by atoms with E-state index >= 15 is 0 Å². The number of allylic oxidation sites excluding steroid dienone is 3. The van der Waals surface area contributed by atoms with Gasteiger partial charge in [0.25, 0.3) is 0 Å². The maximum absolute atomic E-state index is 14.0. The number of Topliss-reactive ketones (excluding diaryl/α,β-unsaturated/α-hetero) is 1. The highest BCUT2D eigenvalue weighted by atomic mass is 16.6. The molecule has 0 aromatic carbocycles. The zero-order valence-electron chi connectivity index (χ0n) is 24.3. The van der Waals surface area contributed by atoms with Crippen molar-refractivity contribution in [1.82, 2.24) is 0 Å². The standard InChI is InChI=1S/C32H48O5/c1-19(2)20(3)9-10-21(4)25-11-12-26-29-27(14-15-30(25,26)7)31(8)16-13-24(36-22(5)33)17-32(31,18-28(29)35)37-23(6)34/h9-10,14,19-21,24-26,29H,11-13,15-18H2,1-8H3/b10-9+/t20-,21+,24+,25+,26+,29+,30-,31+,32-/m0/s1. The first kappa shape index (κ1) is 28.1. The van der Waals surface area contributed by atoms with Crippen LogP contribution in [0.15, 0.2) is 23.8 Å². The molecule has 0 aromatic heterocycles. The lowest BCUT2D eigenvalue weighted by Gasteiger charge is -2.60. The van der Waals surface area contributed by atoms with E-state index in [-0.39, 0.29) is 41.6 Å². The van der Waals surface area contributed by atoms with E-state index in [2.05, 4.69) is 59.8 Å². The number of carbonyl (C=O) groups excluding carboxylic acids is 3. The maximum atomic E-state index is 14.0. The van der Waals surface area contributed by atoms with Crippen LogP contribution in [0.1, 0.15) is 100 Å². The molecule has 5 heteroatoms. The van der Waals surface area contributed by atoms with E-state index in [1.807, 2.05) is 0 Å². The van der Waals surface area contributed by atoms with Crippen LogP contribution in [0.3, 0.4) is 0 Å². The largest absolute Gasteiger partial charge is 0.462 e. The third-order valence-corrected chi connectivity index (χ3v) is 11.0. The SMILES string of the molecule is CC(=O)O[C@@H]1CC[C@]2(C)C3=CC[C@]4(C)[C@H](CC[C@@H]4[C@H](C)/C=C/[C@H](C)C(C)C)[C@H]3C(=O)C[C@@]2(OC(C)=O)C1. The molecule has 0 aliphatic heterocycles. The van der Waals surface area contributed by atoms with Crippen molar-refractivity contribution >= 4 is 17.7 Å². The van der Waals surface area contributed by atoms with Crippen LogP contribution < -0.4 is 0 Å². The molecule has 0 aromatic rings. The van der Waals surface area contributed by atoms with Crippen LogP contribution in [0.4, 0.5) is 0 Å². The lowest BCUT2D eigenvalue weighted by atomic mass is 9.46. The Bertz CT molecular complexity index is 993. The van der Waals surface area contributed by atoms with E-state index in [0.717, 1.165) is 32.1 Å². The van der Waals surface area contributed by atoms with Crippen molar-refractivity contribution < 1.29 is 23.9 Å². The van der Waals surface area contributed by atoms with Crippen molar-refractivity contribution in [1.29, 1.82) is 0 Å². The molecule has 206 valence electrons. The number of rotatable bonds is 6. The predicted octanol–water partition coefficient (Wildman–Crippen LogP) is 6.85. The van der Waals surface area contributed by atoms with Gasteiger partial charge >= 0.3 is 11.9 Å². The predicted molar refractivity (Wildman–Crippen MR) is 144 cm³/mol. The number of carbonyl (C=O) groups is 3. The fourth-order valence-corrected chi connectivity index (χ4v) is 8.59. The Morgan fingerprint density at radius 2 is 1.73 bits per heavy atom. The average Bonchev–Trinajstić information content (AvgIpc) is 3.14. The maximum Gasteiger partial charge on any atom is 0.303 e. The second-order valence-electron chi connectivity index (χ2n) is 13.5. The van der Waals surface area contributed by atoms with Crippen molar-refractivity contribution in [3.05, 3.63) is 23.8 Å². The van der Waals surface area contributed by atoms with Gasteiger partial charge in [-0.25, -0.2) is 0 Å². The molecule has 0 N–H and O–H groups in total. The number of hydrogen-bond donors (Lipinski definition) is 0. The van der Waals surface area contributed by atoms with Gasteiger partial charge in [0.15, 0.2) is 0 Å². The van der Waals surface area contributed by atoms with Crippen LogP contribution in [-0.4, -0.2) is 29.4 Å². The molecule has 0 heterocycles. The molecule has 5 nitrogen and oxygen atoms in total. The van der Waals surface area contributed by atoms with Crippen LogP contribution in [0.2, 0.25) is 0 Å². The Labute approximate surface area is 223 Å². The van der Waals surface area contributed by atoms with E-state index in [9.17, 15) is 14.4 Å². The molecule has 9 atom stereocenters. The summed E-state index contributed by atoms with van der Waals surface area (Å²) in [7, 11) is 0. The first-order valence-corrected chi connectivity index (χ1v) is 14.5. The third kappa shape index (κ3) is 4.74. The van der Waals surface area contributed by atoms with Crippen molar-refractivity contribution in [2.75, 3.05) is 0 Å². The van der Waals surface area contributed by atoms with E-state index in [0.29, 0.717) is 36.0 Å². The van der Waals surface area contributed by atoms with E-state index in [1.54, 1.807) is 0 Å². The molecule has 0 bridgehead atoms. The molecular formula is C32H48O5. The molecule has 3 saturated carbocycles. The Balaban J connectivity index is 1.67. The monoisotopic (exact) mass is 512 g/mol. The first-order valence-electron chi connectivity index (χ1n) is 14.5. The minimum atomic E-state index is -0.953. The van der Waals surface area contributed by atoms with Gasteiger partial charge in [-0.2, -0.15) is 0 Å². The second kappa shape index (κ2) is 10.0. The Hall–Kier alpha value is -1.91. The van der Waals surface area contributed by atoms with Crippen LogP contribution >= 0.6 is 0 Å². The molecular weight excluding hydrogens is 464 g/mol. The summed E-state index contributed by atoms with van der Waals surface area (Å²) in [4.78, 5) is 38.1. The molecule has 37 heavy (non-hydrogen) atoms. The molecule has 3 fully saturated rings. The van der Waals surface area contributed by atoms with E-state index in [1.165, 1.54) is 19.4 Å². The van der Waals surface area contributed by atoms with Crippen molar-refractivity contribution in [3.8, 4) is 0 Å². The van der Waals surface area contributed by atoms with Gasteiger partial charge in [-0.3, -0.25) is 14.4 Å². The van der Waals surface area contributed by atoms with Crippen LogP contribution in [0, 0.1) is 46.3 Å². The average molecular weight is 513 g/mol. The topological polar surface area (TPSA) is 69.7 Å². The lowest BCUT2D eigenvalue weighted by molar-refractivity contribution is -0.200. The van der Waals surface area contributed by atoms with Gasteiger partial charge < -0.3 is 9.47 Å². The third-order valence-electron chi connectivity index (χ3n) is 11.0. The number of esters is 2. The van der Waals surface area contributed by atoms with Gasteiger partial charge in [-0.05, 0) is 67.1 Å². The smallest absolute Gasteiger partial charge is 0.303 e. The van der Waals surface area contributed by atoms with Gasteiger partial charge in [0.2, 0.25) is 0 Å². The first-order chi connectivity index (χ1) is 17.2. The molecule has 4 aliphatic carbocycles. The highest BCUT2D eigenvalue weighted by Gasteiger charge is 2.66. The minimum Gasteiger partial charge on any atom is -0.462 e. The van der Waals surface area contributed by atoms with E-state index in [4.69, 9.17) is 9.47 Å². The molecule has 0 saturated heterocycles. The van der Waals surface area contributed by atoms with Gasteiger partial charge in [0.05, 0.1) is 0 Å². The zero-order valence-corrected chi connectivity index (χ0v) is 24.3. The fraction of sp³-hybridized carbons (Fsp3) is 0.781. The quantitative estimate of drug-likeness (QED) is 0.288. The van der Waals surface area contributed by atoms with Gasteiger partial charge in [-0.15, -0.1) is 0 Å². The summed E-state index contributed by atoms with van der Waals surface area (Å²) in [5.74, 6) is 1.91. The van der Waals surface area contributed by atoms with E-state index < -0.39 is 11.0 Å². The zero-order chi connectivity index (χ0) is 27.3. The van der Waals surface area contributed by atoms with Crippen molar-refractivity contribution in [3.63, 3.8) is 0 Å². The highest BCUT2D eigenvalue weighted by Crippen LogP contribution is 2.67. The summed E-state index contributed by atoms with van der Waals surface area (Å²) in [6, 6.07) is 0. The van der Waals surface area contributed by atoms with Crippen LogP contribution in [-0.2, 0) is 23.9 Å². The Morgan fingerprint density at radius 3 is 2.35 bits per heavy atom. The Morgan fingerprint density at radius 1 is 1.03 bits per heavy atom. The summed E-state index contributed by atoms with van der Waals surface area (Å²) in [6.45, 7) is 16.6. The molecule has 4 rings (SSSR count). The number of ether oxygens (including phenoxy) is 2. The minimum absolute atomic E-state index is 0.0847. The molecule has 0 amide bonds. The van der Waals surface area contributed by atoms with Crippen molar-refractivity contribution in [2.45, 2.75) is 112 Å². The summed E-state index contributed by atoms with van der Waals surface area (Å²) in [5.41, 5.74) is -0.107. The fourth-order valence-electron chi connectivity index (χ4n) is 8.59. The Kier molecular flexibility index (Phi) is 7.60. The molecule has 4 aliphatic rings. The normalized spacial score (nSPS) is 40.9. The summed E-state index contributed by atoms with van der Waals surface area (Å²) in [5, 5.41) is 0. The molecule has 0 unspecified atom stereocenters. The van der Waals surface area contributed by atoms with Gasteiger partial charge in [0.1, 0.15) is 17.5 Å². The van der Waals surface area contributed by atoms with Crippen LogP contribution in [0.5, 0.6) is 0 Å². The molecule has 0 radical (unpaired) electrons. The number of hydrogen-bond acceptors (Lipinski definition) is 5. The number of ketones is 1. The molecule has 0 spiro atoms. The summed E-state index contributed by atoms with van der Waals surface area (Å²) < 4.78 is 11.7. The number of fused-ring (bicyclic) bond motifs is 5. The van der Waals surface area contributed by atoms with Gasteiger partial charge in [-0.1, -0.05) is 65.3 Å².